The van der Waals surface area contributed by atoms with Gasteiger partial charge >= 0.3 is 0 Å². The zero-order valence-electron chi connectivity index (χ0n) is 12.3. The quantitative estimate of drug-likeness (QED) is 0.748. The van der Waals surface area contributed by atoms with Crippen molar-refractivity contribution in [3.63, 3.8) is 0 Å². The van der Waals surface area contributed by atoms with E-state index in [1.807, 2.05) is 67.6 Å². The van der Waals surface area contributed by atoms with Gasteiger partial charge in [0.15, 0.2) is 0 Å². The number of aryl methyl sites for hydroxylation is 1. The zero-order valence-corrected chi connectivity index (χ0v) is 13.2. The smallest absolute Gasteiger partial charge is 0.262 e. The fourth-order valence-corrected chi connectivity index (χ4v) is 5.62. The molecule has 1 aliphatic heterocycles. The van der Waals surface area contributed by atoms with Crippen molar-refractivity contribution in [3.05, 3.63) is 84.0 Å². The Labute approximate surface area is 130 Å². The second-order valence-corrected chi connectivity index (χ2v) is 8.12. The van der Waals surface area contributed by atoms with Crippen molar-refractivity contribution in [1.29, 1.82) is 0 Å². The number of allylic oxidation sites excluding steroid dienone is 2. The van der Waals surface area contributed by atoms with Gasteiger partial charge in [-0.1, -0.05) is 60.2 Å². The maximum Gasteiger partial charge on any atom is 0.262 e. The Hall–Kier alpha value is -1.89. The van der Waals surface area contributed by atoms with Crippen molar-refractivity contribution in [3.8, 4) is 0 Å². The van der Waals surface area contributed by atoms with E-state index in [1.165, 1.54) is 0 Å². The van der Waals surface area contributed by atoms with Gasteiger partial charge in [0.2, 0.25) is 0 Å². The van der Waals surface area contributed by atoms with Crippen LogP contribution in [-0.2, 0) is 9.09 Å². The van der Waals surface area contributed by atoms with Crippen molar-refractivity contribution in [2.24, 2.45) is 0 Å². The van der Waals surface area contributed by atoms with Gasteiger partial charge in [-0.3, -0.25) is 4.57 Å². The summed E-state index contributed by atoms with van der Waals surface area (Å²) in [4.78, 5) is 0. The Morgan fingerprint density at radius 2 is 1.68 bits per heavy atom. The summed E-state index contributed by atoms with van der Waals surface area (Å²) in [7, 11) is -3.05. The van der Waals surface area contributed by atoms with Gasteiger partial charge in [-0.15, -0.1) is 0 Å². The lowest BCUT2D eigenvalue weighted by Gasteiger charge is -2.36. The van der Waals surface area contributed by atoms with E-state index in [9.17, 15) is 4.57 Å². The molecule has 3 unspecified atom stereocenters. The summed E-state index contributed by atoms with van der Waals surface area (Å²) in [5, 5.41) is 1.60. The predicted octanol–water partition coefficient (Wildman–Crippen LogP) is 3.83. The fraction of sp³-hybridized carbons (Fsp3) is 0.158. The molecule has 110 valence electrons. The molecule has 1 heterocycles. The monoisotopic (exact) mass is 308 g/mol. The van der Waals surface area contributed by atoms with E-state index in [4.69, 9.17) is 4.52 Å². The number of hydrogen-bond donors (Lipinski definition) is 0. The minimum absolute atomic E-state index is 0.147. The summed E-state index contributed by atoms with van der Waals surface area (Å²) in [6.45, 7) is 2.03. The summed E-state index contributed by atoms with van der Waals surface area (Å²) in [6, 6.07) is 15.8. The lowest BCUT2D eigenvalue weighted by molar-refractivity contribution is 0.236. The van der Waals surface area contributed by atoms with Crippen LogP contribution in [0.5, 0.6) is 0 Å². The summed E-state index contributed by atoms with van der Waals surface area (Å²) in [5.74, 6) is 0.147. The molecule has 2 aromatic rings. The highest BCUT2D eigenvalue weighted by Crippen LogP contribution is 2.53. The first-order valence-corrected chi connectivity index (χ1v) is 9.11. The minimum Gasteiger partial charge on any atom is -0.314 e. The van der Waals surface area contributed by atoms with Gasteiger partial charge in [0.25, 0.3) is 7.37 Å². The number of fused-ring (bicyclic) bond motifs is 3. The first-order chi connectivity index (χ1) is 10.7. The Morgan fingerprint density at radius 1 is 0.955 bits per heavy atom. The van der Waals surface area contributed by atoms with Gasteiger partial charge in [0, 0.05) is 16.5 Å². The predicted molar refractivity (Wildman–Crippen MR) is 90.4 cm³/mol. The van der Waals surface area contributed by atoms with E-state index in [2.05, 4.69) is 12.1 Å². The zero-order chi connectivity index (χ0) is 15.2. The number of benzene rings is 2. The van der Waals surface area contributed by atoms with Gasteiger partial charge in [0.1, 0.15) is 0 Å². The second kappa shape index (κ2) is 5.08. The van der Waals surface area contributed by atoms with Crippen LogP contribution in [-0.4, -0.2) is 6.10 Å². The topological polar surface area (TPSA) is 26.3 Å². The van der Waals surface area contributed by atoms with Crippen LogP contribution in [0.1, 0.15) is 17.0 Å². The molecule has 2 nitrogen and oxygen atoms in total. The third-order valence-corrected chi connectivity index (χ3v) is 6.90. The molecule has 2 aliphatic rings. The Balaban J connectivity index is 1.93. The van der Waals surface area contributed by atoms with Crippen molar-refractivity contribution in [2.45, 2.75) is 18.9 Å². The first kappa shape index (κ1) is 13.8. The second-order valence-electron chi connectivity index (χ2n) is 5.81. The molecule has 4 rings (SSSR count). The normalized spacial score (nSPS) is 29.0. The van der Waals surface area contributed by atoms with E-state index in [0.717, 1.165) is 21.7 Å². The number of hydrogen-bond acceptors (Lipinski definition) is 2. The van der Waals surface area contributed by atoms with Gasteiger partial charge in [0.05, 0.1) is 6.10 Å². The highest BCUT2D eigenvalue weighted by molar-refractivity contribution is 7.74. The highest BCUT2D eigenvalue weighted by atomic mass is 31.2. The molecule has 0 spiro atoms. The molecule has 3 heteroatoms. The standard InChI is InChI=1S/C19H17O2P/c1-14-10-12-15(13-11-14)22(20)19-9-5-3-7-17(19)16-6-2-4-8-18(16)21-22/h2-13,16,18H,1H3. The molecule has 0 amide bonds. The fourth-order valence-electron chi connectivity index (χ4n) is 3.17. The minimum atomic E-state index is -3.05. The van der Waals surface area contributed by atoms with Crippen LogP contribution in [0.2, 0.25) is 0 Å². The SMILES string of the molecule is Cc1ccc(P2(=O)OC3C=CC=CC3c3ccccc32)cc1. The van der Waals surface area contributed by atoms with Crippen LogP contribution in [0.4, 0.5) is 0 Å². The highest BCUT2D eigenvalue weighted by Gasteiger charge is 2.42. The molecule has 0 N–H and O–H groups in total. The Morgan fingerprint density at radius 3 is 2.50 bits per heavy atom. The van der Waals surface area contributed by atoms with Crippen LogP contribution in [0.25, 0.3) is 0 Å². The third-order valence-electron chi connectivity index (χ3n) is 4.34. The molecule has 1 aliphatic carbocycles. The van der Waals surface area contributed by atoms with Gasteiger partial charge in [-0.2, -0.15) is 0 Å². The van der Waals surface area contributed by atoms with Crippen LogP contribution in [0.3, 0.4) is 0 Å². The van der Waals surface area contributed by atoms with E-state index < -0.39 is 7.37 Å². The van der Waals surface area contributed by atoms with Gasteiger partial charge < -0.3 is 4.52 Å². The largest absolute Gasteiger partial charge is 0.314 e. The summed E-state index contributed by atoms with van der Waals surface area (Å²) >= 11 is 0. The Kier molecular flexibility index (Phi) is 3.18. The van der Waals surface area contributed by atoms with Crippen LogP contribution in [0, 0.1) is 6.92 Å². The van der Waals surface area contributed by atoms with Crippen LogP contribution < -0.4 is 10.6 Å². The average Bonchev–Trinajstić information content (AvgIpc) is 2.56. The first-order valence-electron chi connectivity index (χ1n) is 7.49. The van der Waals surface area contributed by atoms with Gasteiger partial charge in [-0.05, 0) is 30.7 Å². The lowest BCUT2D eigenvalue weighted by Crippen LogP contribution is -2.35. The molecule has 0 fully saturated rings. The van der Waals surface area contributed by atoms with E-state index in [1.54, 1.807) is 0 Å². The molecule has 0 aromatic heterocycles. The molecule has 22 heavy (non-hydrogen) atoms. The van der Waals surface area contributed by atoms with Crippen molar-refractivity contribution < 1.29 is 9.09 Å². The molecule has 3 atom stereocenters. The van der Waals surface area contributed by atoms with Crippen molar-refractivity contribution in [1.82, 2.24) is 0 Å². The summed E-state index contributed by atoms with van der Waals surface area (Å²) in [5.41, 5.74) is 2.27. The van der Waals surface area contributed by atoms with E-state index in [-0.39, 0.29) is 12.0 Å². The third kappa shape index (κ3) is 2.03. The van der Waals surface area contributed by atoms with E-state index in [0.29, 0.717) is 0 Å². The van der Waals surface area contributed by atoms with Crippen molar-refractivity contribution in [2.75, 3.05) is 0 Å². The Bertz CT molecular complexity index is 818. The maximum absolute atomic E-state index is 13.7. The molecule has 0 radical (unpaired) electrons. The molecular weight excluding hydrogens is 291 g/mol. The van der Waals surface area contributed by atoms with Crippen LogP contribution >= 0.6 is 7.37 Å². The number of rotatable bonds is 1. The molecule has 0 saturated heterocycles. The average molecular weight is 308 g/mol. The summed E-state index contributed by atoms with van der Waals surface area (Å²) in [6.07, 6.45) is 7.97. The molecule has 0 saturated carbocycles. The van der Waals surface area contributed by atoms with E-state index >= 15 is 0 Å². The molecule has 2 aromatic carbocycles. The maximum atomic E-state index is 13.7. The molecule has 0 bridgehead atoms. The van der Waals surface area contributed by atoms with Crippen LogP contribution in [0.15, 0.2) is 72.8 Å². The molecular formula is C19H17O2P. The van der Waals surface area contributed by atoms with Crippen molar-refractivity contribution >= 4 is 18.0 Å². The summed E-state index contributed by atoms with van der Waals surface area (Å²) < 4.78 is 19.9. The van der Waals surface area contributed by atoms with Gasteiger partial charge in [-0.25, -0.2) is 0 Å². The lowest BCUT2D eigenvalue weighted by atomic mass is 9.90.